The molecule has 2 fully saturated rings. The SMILES string of the molecule is CCc1cc(N(C)C2CCC3(CC2)OCCO3)ncn1. The summed E-state index contributed by atoms with van der Waals surface area (Å²) in [7, 11) is 2.13. The van der Waals surface area contributed by atoms with Gasteiger partial charge >= 0.3 is 0 Å². The number of hydrogen-bond donors (Lipinski definition) is 0. The second-order valence-corrected chi connectivity index (χ2v) is 5.67. The summed E-state index contributed by atoms with van der Waals surface area (Å²) >= 11 is 0. The zero-order valence-electron chi connectivity index (χ0n) is 12.3. The number of nitrogens with zero attached hydrogens (tertiary/aromatic N) is 3. The summed E-state index contributed by atoms with van der Waals surface area (Å²) in [4.78, 5) is 10.9. The molecule has 0 unspecified atom stereocenters. The van der Waals surface area contributed by atoms with Gasteiger partial charge in [0.2, 0.25) is 0 Å². The summed E-state index contributed by atoms with van der Waals surface area (Å²) in [6.07, 6.45) is 6.74. The van der Waals surface area contributed by atoms with Crippen LogP contribution in [0.3, 0.4) is 0 Å². The fraction of sp³-hybridized carbons (Fsp3) is 0.733. The van der Waals surface area contributed by atoms with E-state index in [-0.39, 0.29) is 5.79 Å². The number of hydrogen-bond acceptors (Lipinski definition) is 5. The van der Waals surface area contributed by atoms with Gasteiger partial charge in [0, 0.05) is 37.7 Å². The Balaban J connectivity index is 1.64. The van der Waals surface area contributed by atoms with Crippen LogP contribution in [0.5, 0.6) is 0 Å². The average molecular weight is 277 g/mol. The second-order valence-electron chi connectivity index (χ2n) is 5.67. The van der Waals surface area contributed by atoms with Crippen molar-refractivity contribution >= 4 is 5.82 Å². The Morgan fingerprint density at radius 2 is 1.95 bits per heavy atom. The lowest BCUT2D eigenvalue weighted by atomic mass is 9.89. The zero-order chi connectivity index (χ0) is 14.0. The molecule has 0 amide bonds. The molecule has 1 saturated heterocycles. The van der Waals surface area contributed by atoms with Gasteiger partial charge in [-0.05, 0) is 19.3 Å². The molecule has 3 rings (SSSR count). The van der Waals surface area contributed by atoms with E-state index in [4.69, 9.17) is 9.47 Å². The molecule has 5 nitrogen and oxygen atoms in total. The van der Waals surface area contributed by atoms with E-state index in [0.29, 0.717) is 6.04 Å². The van der Waals surface area contributed by atoms with Crippen LogP contribution < -0.4 is 4.90 Å². The summed E-state index contributed by atoms with van der Waals surface area (Å²) in [5.41, 5.74) is 1.09. The second kappa shape index (κ2) is 5.66. The maximum atomic E-state index is 5.79. The minimum Gasteiger partial charge on any atom is -0.357 e. The minimum atomic E-state index is -0.280. The van der Waals surface area contributed by atoms with Crippen LogP contribution in [0, 0.1) is 0 Å². The van der Waals surface area contributed by atoms with Crippen molar-refractivity contribution in [1.29, 1.82) is 0 Å². The molecule has 5 heteroatoms. The van der Waals surface area contributed by atoms with Crippen LogP contribution in [0.2, 0.25) is 0 Å². The summed E-state index contributed by atoms with van der Waals surface area (Å²) in [6, 6.07) is 2.60. The molecular weight excluding hydrogens is 254 g/mol. The van der Waals surface area contributed by atoms with E-state index in [9.17, 15) is 0 Å². The summed E-state index contributed by atoms with van der Waals surface area (Å²) in [5.74, 6) is 0.739. The third-order valence-electron chi connectivity index (χ3n) is 4.51. The third-order valence-corrected chi connectivity index (χ3v) is 4.51. The average Bonchev–Trinajstić information content (AvgIpc) is 2.96. The first-order valence-electron chi connectivity index (χ1n) is 7.54. The lowest BCUT2D eigenvalue weighted by molar-refractivity contribution is -0.178. The van der Waals surface area contributed by atoms with Crippen LogP contribution in [0.4, 0.5) is 5.82 Å². The molecule has 1 aromatic rings. The summed E-state index contributed by atoms with van der Waals surface area (Å²) in [5, 5.41) is 0. The number of rotatable bonds is 3. The van der Waals surface area contributed by atoms with Gasteiger partial charge in [0.25, 0.3) is 0 Å². The maximum absolute atomic E-state index is 5.79. The van der Waals surface area contributed by atoms with Crippen LogP contribution in [-0.4, -0.2) is 42.1 Å². The maximum Gasteiger partial charge on any atom is 0.168 e. The molecule has 1 aliphatic heterocycles. The quantitative estimate of drug-likeness (QED) is 0.847. The van der Waals surface area contributed by atoms with E-state index in [1.807, 2.05) is 0 Å². The van der Waals surface area contributed by atoms with E-state index in [0.717, 1.165) is 56.8 Å². The van der Waals surface area contributed by atoms with Gasteiger partial charge in [0.15, 0.2) is 5.79 Å². The van der Waals surface area contributed by atoms with Crippen molar-refractivity contribution < 1.29 is 9.47 Å². The van der Waals surface area contributed by atoms with E-state index >= 15 is 0 Å². The minimum absolute atomic E-state index is 0.280. The first kappa shape index (κ1) is 13.8. The zero-order valence-corrected chi connectivity index (χ0v) is 12.3. The lowest BCUT2D eigenvalue weighted by Crippen LogP contribution is -2.43. The van der Waals surface area contributed by atoms with E-state index in [1.54, 1.807) is 6.33 Å². The predicted molar refractivity (Wildman–Crippen MR) is 76.7 cm³/mol. The standard InChI is InChI=1S/C15H23N3O2/c1-3-12-10-14(17-11-16-12)18(2)13-4-6-15(7-5-13)19-8-9-20-15/h10-11,13H,3-9H2,1-2H3. The fourth-order valence-electron chi connectivity index (χ4n) is 3.17. The number of anilines is 1. The topological polar surface area (TPSA) is 47.5 Å². The highest BCUT2D eigenvalue weighted by atomic mass is 16.7. The third kappa shape index (κ3) is 2.65. The molecule has 1 aliphatic carbocycles. The molecule has 110 valence electrons. The molecular formula is C15H23N3O2. The van der Waals surface area contributed by atoms with Crippen molar-refractivity contribution in [2.45, 2.75) is 50.9 Å². The van der Waals surface area contributed by atoms with Crippen LogP contribution in [-0.2, 0) is 15.9 Å². The van der Waals surface area contributed by atoms with E-state index < -0.39 is 0 Å². The molecule has 0 aromatic carbocycles. The van der Waals surface area contributed by atoms with Gasteiger partial charge in [-0.25, -0.2) is 9.97 Å². The largest absolute Gasteiger partial charge is 0.357 e. The van der Waals surface area contributed by atoms with E-state index in [2.05, 4.69) is 34.9 Å². The highest BCUT2D eigenvalue weighted by Crippen LogP contribution is 2.37. The molecule has 0 N–H and O–H groups in total. The lowest BCUT2D eigenvalue weighted by Gasteiger charge is -2.39. The molecule has 1 spiro atoms. The van der Waals surface area contributed by atoms with Crippen LogP contribution >= 0.6 is 0 Å². The molecule has 20 heavy (non-hydrogen) atoms. The Hall–Kier alpha value is -1.20. The van der Waals surface area contributed by atoms with Crippen molar-refractivity contribution in [3.8, 4) is 0 Å². The highest BCUT2D eigenvalue weighted by Gasteiger charge is 2.41. The molecule has 1 aromatic heterocycles. The number of aryl methyl sites for hydroxylation is 1. The first-order valence-corrected chi connectivity index (χ1v) is 7.54. The Labute approximate surface area is 120 Å². The van der Waals surface area contributed by atoms with Crippen molar-refractivity contribution in [1.82, 2.24) is 9.97 Å². The molecule has 0 bridgehead atoms. The number of aromatic nitrogens is 2. The first-order chi connectivity index (χ1) is 9.72. The van der Waals surface area contributed by atoms with Gasteiger partial charge in [-0.1, -0.05) is 6.92 Å². The highest BCUT2D eigenvalue weighted by molar-refractivity contribution is 5.39. The van der Waals surface area contributed by atoms with Crippen molar-refractivity contribution in [3.63, 3.8) is 0 Å². The molecule has 1 saturated carbocycles. The number of ether oxygens (including phenoxy) is 2. The summed E-state index contributed by atoms with van der Waals surface area (Å²) < 4.78 is 11.6. The van der Waals surface area contributed by atoms with Gasteiger partial charge in [-0.2, -0.15) is 0 Å². The van der Waals surface area contributed by atoms with Gasteiger partial charge in [0.1, 0.15) is 12.1 Å². The summed E-state index contributed by atoms with van der Waals surface area (Å²) in [6.45, 7) is 3.60. The molecule has 2 heterocycles. The van der Waals surface area contributed by atoms with Gasteiger partial charge < -0.3 is 14.4 Å². The normalized spacial score (nSPS) is 22.3. The van der Waals surface area contributed by atoms with E-state index in [1.165, 1.54) is 0 Å². The van der Waals surface area contributed by atoms with Gasteiger partial charge in [-0.3, -0.25) is 0 Å². The molecule has 0 radical (unpaired) electrons. The van der Waals surface area contributed by atoms with Gasteiger partial charge in [0.05, 0.1) is 13.2 Å². The Kier molecular flexibility index (Phi) is 3.89. The smallest absolute Gasteiger partial charge is 0.168 e. The van der Waals surface area contributed by atoms with Crippen molar-refractivity contribution in [2.24, 2.45) is 0 Å². The van der Waals surface area contributed by atoms with Crippen LogP contribution in [0.25, 0.3) is 0 Å². The Morgan fingerprint density at radius 3 is 2.60 bits per heavy atom. The van der Waals surface area contributed by atoms with Crippen LogP contribution in [0.1, 0.15) is 38.3 Å². The van der Waals surface area contributed by atoms with Crippen molar-refractivity contribution in [2.75, 3.05) is 25.2 Å². The van der Waals surface area contributed by atoms with Crippen LogP contribution in [0.15, 0.2) is 12.4 Å². The monoisotopic (exact) mass is 277 g/mol. The fourth-order valence-corrected chi connectivity index (χ4v) is 3.17. The molecule has 0 atom stereocenters. The Bertz CT molecular complexity index is 450. The predicted octanol–water partition coefficient (Wildman–Crippen LogP) is 2.16. The Morgan fingerprint density at radius 1 is 1.25 bits per heavy atom. The van der Waals surface area contributed by atoms with Gasteiger partial charge in [-0.15, -0.1) is 0 Å². The van der Waals surface area contributed by atoms with Crippen molar-refractivity contribution in [3.05, 3.63) is 18.1 Å². The molecule has 2 aliphatic rings.